The molecule has 202 valence electrons. The largest absolute Gasteiger partial charge is 0.497 e. The number of ether oxygens (including phenoxy) is 2. The fraction of sp³-hybridized carbons (Fsp3) is 0.267. The summed E-state index contributed by atoms with van der Waals surface area (Å²) in [7, 11) is 3.13. The Balaban J connectivity index is 1.78. The monoisotopic (exact) mass is 545 g/mol. The Bertz CT molecular complexity index is 1580. The first-order valence-electron chi connectivity index (χ1n) is 12.5. The lowest BCUT2D eigenvalue weighted by Gasteiger charge is -2.17. The van der Waals surface area contributed by atoms with E-state index in [-0.39, 0.29) is 17.2 Å². The second kappa shape index (κ2) is 12.3. The van der Waals surface area contributed by atoms with Crippen molar-refractivity contribution in [2.24, 2.45) is 0 Å². The average molecular weight is 546 g/mol. The van der Waals surface area contributed by atoms with Crippen molar-refractivity contribution in [2.45, 2.75) is 31.2 Å². The normalized spacial score (nSPS) is 11.8. The molecule has 0 spiro atoms. The summed E-state index contributed by atoms with van der Waals surface area (Å²) in [6.07, 6.45) is 0. The van der Waals surface area contributed by atoms with Crippen molar-refractivity contribution in [1.29, 1.82) is 0 Å². The van der Waals surface area contributed by atoms with Crippen molar-refractivity contribution in [3.05, 3.63) is 93.3 Å². The van der Waals surface area contributed by atoms with Crippen LogP contribution in [0.2, 0.25) is 0 Å². The molecule has 4 rings (SSSR count). The first kappa shape index (κ1) is 28.1. The Hall–Kier alpha value is -3.95. The minimum Gasteiger partial charge on any atom is -0.497 e. The number of hydrogen-bond acceptors (Lipinski definition) is 7. The summed E-state index contributed by atoms with van der Waals surface area (Å²) >= 11 is 1.20. The zero-order valence-electron chi connectivity index (χ0n) is 22.6. The number of rotatable bonds is 10. The zero-order valence-corrected chi connectivity index (χ0v) is 23.4. The van der Waals surface area contributed by atoms with Gasteiger partial charge in [-0.05, 0) is 80.4 Å². The molecule has 8 nitrogen and oxygen atoms in total. The van der Waals surface area contributed by atoms with Crippen LogP contribution in [-0.2, 0) is 4.74 Å². The number of hydrogen-bond donors (Lipinski definition) is 1. The van der Waals surface area contributed by atoms with Crippen molar-refractivity contribution >= 4 is 34.4 Å². The lowest BCUT2D eigenvalue weighted by Crippen LogP contribution is -2.27. The topological polar surface area (TPSA) is 99.5 Å². The maximum Gasteiger partial charge on any atom is 0.266 e. The molecule has 4 aromatic rings. The second-order valence-electron chi connectivity index (χ2n) is 9.14. The highest BCUT2D eigenvalue weighted by Gasteiger charge is 2.22. The first-order valence-corrected chi connectivity index (χ1v) is 13.4. The number of ketones is 1. The molecule has 1 N–H and O–H groups in total. The summed E-state index contributed by atoms with van der Waals surface area (Å²) in [5, 5.41) is 2.96. The Morgan fingerprint density at radius 3 is 2.36 bits per heavy atom. The van der Waals surface area contributed by atoms with E-state index in [1.807, 2.05) is 32.0 Å². The maximum absolute atomic E-state index is 13.8. The van der Waals surface area contributed by atoms with E-state index in [4.69, 9.17) is 14.5 Å². The van der Waals surface area contributed by atoms with Gasteiger partial charge in [-0.2, -0.15) is 0 Å². The van der Waals surface area contributed by atoms with E-state index in [1.54, 1.807) is 63.6 Å². The van der Waals surface area contributed by atoms with Crippen LogP contribution in [0.15, 0.2) is 70.6 Å². The van der Waals surface area contributed by atoms with E-state index in [0.29, 0.717) is 51.8 Å². The standard InChI is InChI=1S/C30H31N3O5S/c1-18-6-7-21(16-19(18)2)27(34)20(3)39-30-32-26-17-22(28(35)31-14-15-37-4)8-13-25(26)29(36)33(30)23-9-11-24(38-5)12-10-23/h6-13,16-17,20H,14-15H2,1-5H3,(H,31,35)/t20-/m0/s1. The van der Waals surface area contributed by atoms with Gasteiger partial charge < -0.3 is 14.8 Å². The molecule has 39 heavy (non-hydrogen) atoms. The summed E-state index contributed by atoms with van der Waals surface area (Å²) in [6, 6.07) is 17.5. The summed E-state index contributed by atoms with van der Waals surface area (Å²) in [4.78, 5) is 44.5. The third kappa shape index (κ3) is 6.21. The number of aryl methyl sites for hydroxylation is 2. The van der Waals surface area contributed by atoms with Crippen molar-refractivity contribution in [3.8, 4) is 11.4 Å². The fourth-order valence-electron chi connectivity index (χ4n) is 4.05. The summed E-state index contributed by atoms with van der Waals surface area (Å²) in [6.45, 7) is 6.52. The Morgan fingerprint density at radius 1 is 0.974 bits per heavy atom. The minimum atomic E-state index is -0.526. The molecule has 0 aliphatic heterocycles. The quantitative estimate of drug-likeness (QED) is 0.133. The molecule has 1 heterocycles. The maximum atomic E-state index is 13.8. The molecule has 0 aliphatic carbocycles. The van der Waals surface area contributed by atoms with Gasteiger partial charge in [-0.3, -0.25) is 19.0 Å². The van der Waals surface area contributed by atoms with E-state index in [0.717, 1.165) is 11.1 Å². The van der Waals surface area contributed by atoms with Crippen LogP contribution in [0.1, 0.15) is 38.8 Å². The van der Waals surface area contributed by atoms with Crippen LogP contribution in [0.25, 0.3) is 16.6 Å². The van der Waals surface area contributed by atoms with Gasteiger partial charge in [-0.15, -0.1) is 0 Å². The molecule has 0 fully saturated rings. The smallest absolute Gasteiger partial charge is 0.266 e. The number of amides is 1. The van der Waals surface area contributed by atoms with E-state index < -0.39 is 5.25 Å². The Kier molecular flexibility index (Phi) is 8.83. The van der Waals surface area contributed by atoms with Crippen LogP contribution in [0.5, 0.6) is 5.75 Å². The van der Waals surface area contributed by atoms with Gasteiger partial charge >= 0.3 is 0 Å². The van der Waals surface area contributed by atoms with Gasteiger partial charge in [0.05, 0.1) is 35.6 Å². The van der Waals surface area contributed by atoms with Crippen molar-refractivity contribution in [1.82, 2.24) is 14.9 Å². The number of nitrogens with one attached hydrogen (secondary N) is 1. The van der Waals surface area contributed by atoms with Crippen molar-refractivity contribution < 1.29 is 19.1 Å². The zero-order chi connectivity index (χ0) is 28.1. The number of carbonyl (C=O) groups excluding carboxylic acids is 2. The molecule has 0 saturated heterocycles. The second-order valence-corrected chi connectivity index (χ2v) is 10.4. The van der Waals surface area contributed by atoms with E-state index in [9.17, 15) is 14.4 Å². The molecule has 0 aliphatic rings. The molecule has 1 aromatic heterocycles. The molecule has 1 amide bonds. The van der Waals surface area contributed by atoms with Gasteiger partial charge in [0.2, 0.25) is 0 Å². The number of methoxy groups -OCH3 is 2. The van der Waals surface area contributed by atoms with Gasteiger partial charge in [0, 0.05) is 24.8 Å². The number of benzene rings is 3. The van der Waals surface area contributed by atoms with Crippen LogP contribution in [0, 0.1) is 13.8 Å². The van der Waals surface area contributed by atoms with Crippen LogP contribution < -0.4 is 15.6 Å². The highest BCUT2D eigenvalue weighted by molar-refractivity contribution is 8.00. The molecular formula is C30H31N3O5S. The lowest BCUT2D eigenvalue weighted by molar-refractivity contribution is 0.0936. The average Bonchev–Trinajstić information content (AvgIpc) is 2.94. The first-order chi connectivity index (χ1) is 18.7. The highest BCUT2D eigenvalue weighted by Crippen LogP contribution is 2.28. The molecule has 9 heteroatoms. The van der Waals surface area contributed by atoms with Gasteiger partial charge in [0.25, 0.3) is 11.5 Å². The molecule has 0 unspecified atom stereocenters. The van der Waals surface area contributed by atoms with Crippen LogP contribution >= 0.6 is 11.8 Å². The van der Waals surface area contributed by atoms with Gasteiger partial charge in [-0.1, -0.05) is 23.9 Å². The molecular weight excluding hydrogens is 514 g/mol. The summed E-state index contributed by atoms with van der Waals surface area (Å²) in [5.41, 5.74) is 3.79. The summed E-state index contributed by atoms with van der Waals surface area (Å²) in [5.74, 6) is 0.296. The summed E-state index contributed by atoms with van der Waals surface area (Å²) < 4.78 is 11.8. The van der Waals surface area contributed by atoms with Gasteiger partial charge in [-0.25, -0.2) is 4.98 Å². The molecule has 0 bridgehead atoms. The predicted octanol–water partition coefficient (Wildman–Crippen LogP) is 4.75. The lowest BCUT2D eigenvalue weighted by atomic mass is 10.0. The number of aromatic nitrogens is 2. The third-order valence-electron chi connectivity index (χ3n) is 6.47. The Morgan fingerprint density at radius 2 is 1.69 bits per heavy atom. The molecule has 0 saturated carbocycles. The van der Waals surface area contributed by atoms with Crippen molar-refractivity contribution in [2.75, 3.05) is 27.4 Å². The molecule has 1 atom stereocenters. The number of nitrogens with zero attached hydrogens (tertiary/aromatic N) is 2. The number of Topliss-reactive ketones (excluding diaryl/α,β-unsaturated/α-hetero) is 1. The van der Waals surface area contributed by atoms with E-state index in [1.165, 1.54) is 16.3 Å². The van der Waals surface area contributed by atoms with Crippen LogP contribution in [0.4, 0.5) is 0 Å². The highest BCUT2D eigenvalue weighted by atomic mass is 32.2. The van der Waals surface area contributed by atoms with Crippen LogP contribution in [0.3, 0.4) is 0 Å². The molecule has 0 radical (unpaired) electrons. The number of carbonyl (C=O) groups is 2. The minimum absolute atomic E-state index is 0.0648. The van der Waals surface area contributed by atoms with Crippen LogP contribution in [-0.4, -0.2) is 53.9 Å². The third-order valence-corrected chi connectivity index (χ3v) is 7.52. The van der Waals surface area contributed by atoms with E-state index >= 15 is 0 Å². The Labute approximate surface area is 231 Å². The SMILES string of the molecule is COCCNC(=O)c1ccc2c(=O)n(-c3ccc(OC)cc3)c(S[C@@H](C)C(=O)c3ccc(C)c(C)c3)nc2c1. The van der Waals surface area contributed by atoms with Gasteiger partial charge in [0.15, 0.2) is 10.9 Å². The molecule has 3 aromatic carbocycles. The fourth-order valence-corrected chi connectivity index (χ4v) is 5.06. The number of thioether (sulfide) groups is 1. The van der Waals surface area contributed by atoms with Crippen molar-refractivity contribution in [3.63, 3.8) is 0 Å². The van der Waals surface area contributed by atoms with Gasteiger partial charge in [0.1, 0.15) is 5.75 Å². The predicted molar refractivity (Wildman–Crippen MR) is 154 cm³/mol. The van der Waals surface area contributed by atoms with E-state index in [2.05, 4.69) is 5.32 Å². The number of fused-ring (bicyclic) bond motifs is 1.